The second-order valence-electron chi connectivity index (χ2n) is 12.6. The van der Waals surface area contributed by atoms with Gasteiger partial charge in [0.15, 0.2) is 0 Å². The summed E-state index contributed by atoms with van der Waals surface area (Å²) in [4.78, 5) is 38.6. The molecule has 0 heterocycles. The number of carbonyl (C=O) groups is 3. The molecule has 0 bridgehead atoms. The lowest BCUT2D eigenvalue weighted by Gasteiger charge is -2.12. The smallest absolute Gasteiger partial charge is 0.339 e. The van der Waals surface area contributed by atoms with Gasteiger partial charge in [0.2, 0.25) is 0 Å². The van der Waals surface area contributed by atoms with Crippen LogP contribution in [0.15, 0.2) is 18.2 Å². The number of carbonyl (C=O) groups excluding carboxylic acids is 3. The molecular weight excluding hydrogens is 516 g/mol. The summed E-state index contributed by atoms with van der Waals surface area (Å²) < 4.78 is 16.4. The Morgan fingerprint density at radius 1 is 0.488 bits per heavy atom. The van der Waals surface area contributed by atoms with Crippen molar-refractivity contribution >= 4 is 17.9 Å². The number of esters is 3. The molecule has 0 aromatic heterocycles. The van der Waals surface area contributed by atoms with Gasteiger partial charge in [-0.15, -0.1) is 0 Å². The Balaban J connectivity index is 2.72. The Kier molecular flexibility index (Phi) is 19.9. The first-order chi connectivity index (χ1) is 19.6. The molecule has 0 aliphatic carbocycles. The van der Waals surface area contributed by atoms with Crippen LogP contribution in [0.4, 0.5) is 0 Å². The van der Waals surface area contributed by atoms with Crippen molar-refractivity contribution in [3.05, 3.63) is 34.9 Å². The van der Waals surface area contributed by atoms with Crippen LogP contribution < -0.4 is 0 Å². The maximum absolute atomic E-state index is 13.0. The van der Waals surface area contributed by atoms with E-state index in [2.05, 4.69) is 41.5 Å². The number of ether oxygens (including phenoxy) is 3. The molecular formula is C35H58O6. The minimum atomic E-state index is -0.614. The fourth-order valence-corrected chi connectivity index (χ4v) is 4.60. The van der Waals surface area contributed by atoms with E-state index in [0.717, 1.165) is 76.5 Å². The van der Waals surface area contributed by atoms with E-state index in [1.807, 2.05) is 0 Å². The Morgan fingerprint density at radius 2 is 0.854 bits per heavy atom. The van der Waals surface area contributed by atoms with Crippen molar-refractivity contribution in [2.45, 2.75) is 131 Å². The average molecular weight is 575 g/mol. The van der Waals surface area contributed by atoms with Crippen molar-refractivity contribution in [1.29, 1.82) is 0 Å². The molecule has 6 heteroatoms. The summed E-state index contributed by atoms with van der Waals surface area (Å²) in [5.74, 6) is 0.360. The predicted molar refractivity (Wildman–Crippen MR) is 166 cm³/mol. The highest BCUT2D eigenvalue weighted by atomic mass is 16.5. The van der Waals surface area contributed by atoms with Gasteiger partial charge < -0.3 is 14.2 Å². The van der Waals surface area contributed by atoms with E-state index in [0.29, 0.717) is 25.0 Å². The fourth-order valence-electron chi connectivity index (χ4n) is 4.60. The van der Waals surface area contributed by atoms with Gasteiger partial charge in [-0.05, 0) is 55.2 Å². The second-order valence-corrected chi connectivity index (χ2v) is 12.6. The van der Waals surface area contributed by atoms with E-state index in [1.165, 1.54) is 37.5 Å². The Hall–Kier alpha value is -2.37. The van der Waals surface area contributed by atoms with E-state index < -0.39 is 17.9 Å². The maximum Gasteiger partial charge on any atom is 0.339 e. The zero-order valence-corrected chi connectivity index (χ0v) is 26.9. The highest BCUT2D eigenvalue weighted by Crippen LogP contribution is 2.18. The zero-order chi connectivity index (χ0) is 30.5. The van der Waals surface area contributed by atoms with Gasteiger partial charge in [-0.2, -0.15) is 0 Å². The van der Waals surface area contributed by atoms with Crippen molar-refractivity contribution in [3.8, 4) is 0 Å². The molecule has 0 spiro atoms. The van der Waals surface area contributed by atoms with E-state index in [1.54, 1.807) is 0 Å². The highest BCUT2D eigenvalue weighted by Gasteiger charge is 2.22. The first-order valence-electron chi connectivity index (χ1n) is 16.3. The van der Waals surface area contributed by atoms with Crippen molar-refractivity contribution < 1.29 is 28.6 Å². The molecule has 0 aliphatic rings. The van der Waals surface area contributed by atoms with Gasteiger partial charge >= 0.3 is 17.9 Å². The van der Waals surface area contributed by atoms with E-state index in [-0.39, 0.29) is 23.3 Å². The first-order valence-corrected chi connectivity index (χ1v) is 16.3. The molecule has 1 aromatic rings. The van der Waals surface area contributed by atoms with Crippen LogP contribution in [0.3, 0.4) is 0 Å². The van der Waals surface area contributed by atoms with Gasteiger partial charge in [0.25, 0.3) is 0 Å². The van der Waals surface area contributed by atoms with Gasteiger partial charge in [0, 0.05) is 0 Å². The van der Waals surface area contributed by atoms with Gasteiger partial charge in [0.1, 0.15) is 0 Å². The number of rotatable bonds is 23. The third kappa shape index (κ3) is 17.9. The largest absolute Gasteiger partial charge is 0.462 e. The molecule has 0 saturated heterocycles. The minimum Gasteiger partial charge on any atom is -0.462 e. The van der Waals surface area contributed by atoms with Gasteiger partial charge in [-0.3, -0.25) is 0 Å². The van der Waals surface area contributed by atoms with Crippen molar-refractivity contribution in [2.75, 3.05) is 19.8 Å². The van der Waals surface area contributed by atoms with Crippen molar-refractivity contribution in [3.63, 3.8) is 0 Å². The van der Waals surface area contributed by atoms with Crippen LogP contribution in [0.25, 0.3) is 0 Å². The summed E-state index contributed by atoms with van der Waals surface area (Å²) in [6.07, 6.45) is 14.6. The quantitative estimate of drug-likeness (QED) is 0.0735. The van der Waals surface area contributed by atoms with Gasteiger partial charge in [-0.1, -0.05) is 112 Å². The molecule has 0 unspecified atom stereocenters. The predicted octanol–water partition coefficient (Wildman–Crippen LogP) is 9.59. The topological polar surface area (TPSA) is 78.9 Å². The molecule has 0 fully saturated rings. The second kappa shape index (κ2) is 22.3. The standard InChI is InChI=1S/C35H58O6/c1-27(2)18-12-8-7-9-15-24-41-35(38)32-26-30(33(36)39-23-16-10-13-19-28(3)4)21-22-31(32)34(37)40-25-17-11-14-20-29(5)6/h21-22,26-29H,7-20,23-25H2,1-6H3. The molecule has 1 aromatic carbocycles. The van der Waals surface area contributed by atoms with E-state index in [9.17, 15) is 14.4 Å². The van der Waals surface area contributed by atoms with Crippen LogP contribution in [0, 0.1) is 17.8 Å². The number of hydrogen-bond acceptors (Lipinski definition) is 6. The van der Waals surface area contributed by atoms with Crippen LogP contribution in [0.1, 0.15) is 163 Å². The summed E-state index contributed by atoms with van der Waals surface area (Å²) >= 11 is 0. The normalized spacial score (nSPS) is 11.3. The molecule has 0 N–H and O–H groups in total. The lowest BCUT2D eigenvalue weighted by atomic mass is 10.0. The lowest BCUT2D eigenvalue weighted by molar-refractivity contribution is 0.0447. The summed E-state index contributed by atoms with van der Waals surface area (Å²) in [5, 5.41) is 0. The SMILES string of the molecule is CC(C)CCCCCCCOC(=O)c1cc(C(=O)OCCCCCC(C)C)ccc1C(=O)OCCCCCC(C)C. The molecule has 0 radical (unpaired) electrons. The monoisotopic (exact) mass is 574 g/mol. The van der Waals surface area contributed by atoms with Gasteiger partial charge in [0.05, 0.1) is 36.5 Å². The lowest BCUT2D eigenvalue weighted by Crippen LogP contribution is -2.17. The zero-order valence-electron chi connectivity index (χ0n) is 26.9. The first kappa shape index (κ1) is 36.7. The summed E-state index contributed by atoms with van der Waals surface area (Å²) in [6.45, 7) is 14.2. The van der Waals surface area contributed by atoms with Crippen LogP contribution in [0.5, 0.6) is 0 Å². The van der Waals surface area contributed by atoms with Crippen molar-refractivity contribution in [1.82, 2.24) is 0 Å². The third-order valence-corrected chi connectivity index (χ3v) is 7.17. The molecule has 0 amide bonds. The summed E-state index contributed by atoms with van der Waals surface area (Å²) in [6, 6.07) is 4.41. The summed E-state index contributed by atoms with van der Waals surface area (Å²) in [5.41, 5.74) is 0.406. The molecule has 0 aliphatic heterocycles. The average Bonchev–Trinajstić information content (AvgIpc) is 2.92. The molecule has 0 saturated carbocycles. The van der Waals surface area contributed by atoms with Crippen LogP contribution in [-0.4, -0.2) is 37.7 Å². The third-order valence-electron chi connectivity index (χ3n) is 7.17. The Bertz CT molecular complexity index is 873. The number of benzene rings is 1. The van der Waals surface area contributed by atoms with E-state index >= 15 is 0 Å². The fraction of sp³-hybridized carbons (Fsp3) is 0.743. The highest BCUT2D eigenvalue weighted by molar-refractivity contribution is 6.05. The minimum absolute atomic E-state index is 0.0538. The summed E-state index contributed by atoms with van der Waals surface area (Å²) in [7, 11) is 0. The molecule has 1 rings (SSSR count). The molecule has 41 heavy (non-hydrogen) atoms. The number of hydrogen-bond donors (Lipinski definition) is 0. The van der Waals surface area contributed by atoms with Crippen LogP contribution in [-0.2, 0) is 14.2 Å². The molecule has 6 nitrogen and oxygen atoms in total. The van der Waals surface area contributed by atoms with Crippen molar-refractivity contribution in [2.24, 2.45) is 17.8 Å². The maximum atomic E-state index is 13.0. The Labute approximate surface area is 250 Å². The van der Waals surface area contributed by atoms with E-state index in [4.69, 9.17) is 14.2 Å². The number of unbranched alkanes of at least 4 members (excludes halogenated alkanes) is 8. The van der Waals surface area contributed by atoms with Crippen LogP contribution >= 0.6 is 0 Å². The molecule has 0 atom stereocenters. The molecule has 234 valence electrons. The van der Waals surface area contributed by atoms with Gasteiger partial charge in [-0.25, -0.2) is 14.4 Å². The Morgan fingerprint density at radius 3 is 1.32 bits per heavy atom. The van der Waals surface area contributed by atoms with Crippen LogP contribution in [0.2, 0.25) is 0 Å².